The van der Waals surface area contributed by atoms with Crippen LogP contribution < -0.4 is 10.6 Å². The minimum absolute atomic E-state index is 0. The predicted octanol–water partition coefficient (Wildman–Crippen LogP) is 2.54. The molecule has 2 amide bonds. The van der Waals surface area contributed by atoms with Gasteiger partial charge in [-0.25, -0.2) is 0 Å². The molecule has 4 N–H and O–H groups in total. The molecular weight excluding hydrogens is 440 g/mol. The summed E-state index contributed by atoms with van der Waals surface area (Å²) in [6, 6.07) is 7.58. The van der Waals surface area contributed by atoms with E-state index in [0.29, 0.717) is 25.6 Å². The zero-order chi connectivity index (χ0) is 22.6. The van der Waals surface area contributed by atoms with Crippen LogP contribution in [0.5, 0.6) is 0 Å². The van der Waals surface area contributed by atoms with Gasteiger partial charge in [-0.2, -0.15) is 0 Å². The number of amides is 2. The summed E-state index contributed by atoms with van der Waals surface area (Å²) in [4.78, 5) is 30.1. The molecule has 3 rings (SSSR count). The lowest BCUT2D eigenvalue weighted by Crippen LogP contribution is -2.57. The molecule has 8 heteroatoms. The molecule has 188 valence electrons. The van der Waals surface area contributed by atoms with Crippen molar-refractivity contribution in [3.8, 4) is 0 Å². The van der Waals surface area contributed by atoms with Crippen LogP contribution in [0.4, 0.5) is 0 Å². The first-order valence-electron chi connectivity index (χ1n) is 11.4. The second-order valence-corrected chi connectivity index (χ2v) is 10.4. The zero-order valence-electron chi connectivity index (χ0n) is 19.8. The third kappa shape index (κ3) is 7.67. The van der Waals surface area contributed by atoms with E-state index >= 15 is 0 Å². The van der Waals surface area contributed by atoms with Crippen molar-refractivity contribution in [3.05, 3.63) is 34.9 Å². The fourth-order valence-corrected chi connectivity index (χ4v) is 4.99. The average Bonchev–Trinajstić information content (AvgIpc) is 2.72. The first kappa shape index (κ1) is 29.4. The summed E-state index contributed by atoms with van der Waals surface area (Å²) in [7, 11) is 0. The number of halogens is 1. The molecule has 1 unspecified atom stereocenters. The number of nitrogens with one attached hydrogen (secondary N) is 2. The molecule has 2 heterocycles. The van der Waals surface area contributed by atoms with E-state index in [1.807, 2.05) is 30.9 Å². The Balaban J connectivity index is 0.00000272. The van der Waals surface area contributed by atoms with Gasteiger partial charge in [0.1, 0.15) is 6.04 Å². The molecule has 7 nitrogen and oxygen atoms in total. The summed E-state index contributed by atoms with van der Waals surface area (Å²) in [6.07, 6.45) is 0.903. The van der Waals surface area contributed by atoms with Crippen molar-refractivity contribution in [3.63, 3.8) is 0 Å². The van der Waals surface area contributed by atoms with Gasteiger partial charge < -0.3 is 21.0 Å². The second kappa shape index (κ2) is 12.7. The number of piperidine rings is 1. The normalized spacial score (nSPS) is 21.5. The molecule has 0 aliphatic carbocycles. The maximum atomic E-state index is 13.4. The lowest BCUT2D eigenvalue weighted by atomic mass is 9.70. The first-order chi connectivity index (χ1) is 14.7. The monoisotopic (exact) mass is 482 g/mol. The average molecular weight is 483 g/mol. The minimum Gasteiger partial charge on any atom is -0.412 e. The molecule has 33 heavy (non-hydrogen) atoms. The summed E-state index contributed by atoms with van der Waals surface area (Å²) in [6.45, 7) is 13.7. The van der Waals surface area contributed by atoms with Gasteiger partial charge in [-0.05, 0) is 41.4 Å². The van der Waals surface area contributed by atoms with Crippen molar-refractivity contribution in [2.75, 3.05) is 45.8 Å². The largest absolute Gasteiger partial charge is 0.412 e. The molecule has 2 saturated heterocycles. The van der Waals surface area contributed by atoms with Crippen molar-refractivity contribution >= 4 is 23.4 Å². The number of carbonyl (C=O) groups excluding carboxylic acids is 2. The van der Waals surface area contributed by atoms with Crippen molar-refractivity contribution in [2.24, 2.45) is 11.3 Å². The zero-order valence-corrected chi connectivity index (χ0v) is 20.5. The van der Waals surface area contributed by atoms with E-state index in [2.05, 4.69) is 41.5 Å². The molecule has 2 aliphatic heterocycles. The Morgan fingerprint density at radius 3 is 2.30 bits per heavy atom. The van der Waals surface area contributed by atoms with Crippen molar-refractivity contribution in [2.45, 2.75) is 53.5 Å². The maximum absolute atomic E-state index is 13.4. The lowest BCUT2D eigenvalue weighted by Gasteiger charge is -2.45. The summed E-state index contributed by atoms with van der Waals surface area (Å²) in [5, 5.41) is 7.06. The van der Waals surface area contributed by atoms with E-state index < -0.39 is 6.04 Å². The van der Waals surface area contributed by atoms with Gasteiger partial charge in [0.05, 0.1) is 6.54 Å². The van der Waals surface area contributed by atoms with E-state index in [4.69, 9.17) is 11.6 Å². The fourth-order valence-electron chi connectivity index (χ4n) is 4.86. The molecular formula is C25H43ClN4O3. The van der Waals surface area contributed by atoms with Crippen molar-refractivity contribution in [1.82, 2.24) is 20.4 Å². The van der Waals surface area contributed by atoms with Crippen molar-refractivity contribution in [1.29, 1.82) is 0 Å². The predicted molar refractivity (Wildman–Crippen MR) is 136 cm³/mol. The van der Waals surface area contributed by atoms with Crippen LogP contribution in [0, 0.1) is 11.3 Å². The number of nitrogens with zero attached hydrogens (tertiary/aromatic N) is 2. The SMILES string of the molecule is C.CC(C)[C@@H](NC(=O)CN1CCNCC1)C(=O)N1CCC(c2ccc(Cl)cc2)C(C)(C)C1.O. The fraction of sp³-hybridized carbons (Fsp3) is 0.680. The van der Waals surface area contributed by atoms with Gasteiger partial charge in [0.25, 0.3) is 0 Å². The smallest absolute Gasteiger partial charge is 0.245 e. The van der Waals surface area contributed by atoms with Crippen LogP contribution in [-0.2, 0) is 9.59 Å². The standard InChI is InChI=1S/C24H37ClN4O2.CH4.H2O/c1-17(2)22(27-21(30)15-28-13-10-26-11-14-28)23(31)29-12-9-20(24(3,4)16-29)18-5-7-19(25)8-6-18;;/h5-8,17,20,22,26H,9-16H2,1-4H3,(H,27,30);1H4;1H2/t20?,22-;;/m1../s1. The molecule has 1 aromatic rings. The highest BCUT2D eigenvalue weighted by molar-refractivity contribution is 6.30. The molecule has 0 aromatic heterocycles. The number of hydrogen-bond acceptors (Lipinski definition) is 4. The van der Waals surface area contributed by atoms with Gasteiger partial charge in [-0.1, -0.05) is 58.9 Å². The molecule has 2 aliphatic rings. The molecule has 1 aromatic carbocycles. The molecule has 2 fully saturated rings. The van der Waals surface area contributed by atoms with Crippen LogP contribution in [0.25, 0.3) is 0 Å². The van der Waals surface area contributed by atoms with E-state index in [-0.39, 0.29) is 36.1 Å². The Morgan fingerprint density at radius 2 is 1.76 bits per heavy atom. The quantitative estimate of drug-likeness (QED) is 0.651. The number of benzene rings is 1. The van der Waals surface area contributed by atoms with Crippen LogP contribution in [0.3, 0.4) is 0 Å². The van der Waals surface area contributed by atoms with Gasteiger partial charge in [-0.15, -0.1) is 0 Å². The highest BCUT2D eigenvalue weighted by Crippen LogP contribution is 2.42. The van der Waals surface area contributed by atoms with Crippen LogP contribution in [-0.4, -0.2) is 78.9 Å². The third-order valence-electron chi connectivity index (χ3n) is 6.64. The van der Waals surface area contributed by atoms with Gasteiger partial charge >= 0.3 is 0 Å². The summed E-state index contributed by atoms with van der Waals surface area (Å²) in [5.41, 5.74) is 1.21. The molecule has 0 radical (unpaired) electrons. The van der Waals surface area contributed by atoms with Crippen LogP contribution in [0.1, 0.15) is 53.0 Å². The van der Waals surface area contributed by atoms with E-state index in [1.54, 1.807) is 0 Å². The van der Waals surface area contributed by atoms with E-state index in [1.165, 1.54) is 5.56 Å². The summed E-state index contributed by atoms with van der Waals surface area (Å²) < 4.78 is 0. The molecule has 0 spiro atoms. The van der Waals surface area contributed by atoms with E-state index in [9.17, 15) is 9.59 Å². The lowest BCUT2D eigenvalue weighted by molar-refractivity contribution is -0.141. The Morgan fingerprint density at radius 1 is 1.15 bits per heavy atom. The minimum atomic E-state index is -0.488. The molecule has 2 atom stereocenters. The van der Waals surface area contributed by atoms with Gasteiger partial charge in [-0.3, -0.25) is 14.5 Å². The Hall–Kier alpha value is -1.67. The molecule has 0 bridgehead atoms. The number of carbonyl (C=O) groups is 2. The maximum Gasteiger partial charge on any atom is 0.245 e. The Labute approximate surface area is 204 Å². The van der Waals surface area contributed by atoms with Gasteiger partial charge in [0.2, 0.25) is 11.8 Å². The Kier molecular flexibility index (Phi) is 11.3. The first-order valence-corrected chi connectivity index (χ1v) is 11.8. The summed E-state index contributed by atoms with van der Waals surface area (Å²) >= 11 is 6.06. The van der Waals surface area contributed by atoms with E-state index in [0.717, 1.165) is 37.6 Å². The van der Waals surface area contributed by atoms with Crippen LogP contribution in [0.15, 0.2) is 24.3 Å². The van der Waals surface area contributed by atoms with Crippen LogP contribution in [0.2, 0.25) is 5.02 Å². The Bertz CT molecular complexity index is 763. The number of likely N-dealkylation sites (tertiary alicyclic amines) is 1. The van der Waals surface area contributed by atoms with Crippen LogP contribution >= 0.6 is 11.6 Å². The summed E-state index contributed by atoms with van der Waals surface area (Å²) in [5.74, 6) is 0.376. The number of piperazine rings is 1. The van der Waals surface area contributed by atoms with Gasteiger partial charge in [0, 0.05) is 44.3 Å². The highest BCUT2D eigenvalue weighted by Gasteiger charge is 2.40. The highest BCUT2D eigenvalue weighted by atomic mass is 35.5. The number of rotatable bonds is 6. The van der Waals surface area contributed by atoms with Crippen molar-refractivity contribution < 1.29 is 15.1 Å². The topological polar surface area (TPSA) is 96.2 Å². The van der Waals surface area contributed by atoms with Gasteiger partial charge in [0.15, 0.2) is 0 Å². The second-order valence-electron chi connectivity index (χ2n) is 9.96. The third-order valence-corrected chi connectivity index (χ3v) is 6.89. The number of hydrogen-bond donors (Lipinski definition) is 2. The molecule has 0 saturated carbocycles.